The molecule has 10 heteroatoms. The number of nitro benzene ring substituents is 2. The van der Waals surface area contributed by atoms with Crippen molar-refractivity contribution in [1.29, 1.82) is 0 Å². The number of nitro groups is 2. The number of carbonyl (C=O) groups excluding carboxylic acids is 1. The van der Waals surface area contributed by atoms with Crippen molar-refractivity contribution in [2.24, 2.45) is 5.73 Å². The Morgan fingerprint density at radius 1 is 1.04 bits per heavy atom. The van der Waals surface area contributed by atoms with Gasteiger partial charge in [-0.05, 0) is 0 Å². The van der Waals surface area contributed by atoms with Crippen molar-refractivity contribution in [2.45, 2.75) is 0 Å². The molecule has 0 atom stereocenters. The smallest absolute Gasteiger partial charge is 0.277 e. The molecule has 2 N–H and O–H groups in total. The van der Waals surface area contributed by atoms with Gasteiger partial charge >= 0.3 is 0 Å². The third-order valence-electron chi connectivity index (χ3n) is 3.68. The van der Waals surface area contributed by atoms with E-state index in [-0.39, 0.29) is 5.56 Å². The van der Waals surface area contributed by atoms with Crippen LogP contribution in [0.2, 0.25) is 0 Å². The summed E-state index contributed by atoms with van der Waals surface area (Å²) in [5.41, 5.74) is 4.51. The average molecular weight is 323 g/mol. The Morgan fingerprint density at radius 3 is 2.00 bits per heavy atom. The van der Waals surface area contributed by atoms with Gasteiger partial charge in [0.2, 0.25) is 0 Å². The molecule has 1 fully saturated rings. The third-order valence-corrected chi connectivity index (χ3v) is 3.68. The standard InChI is InChI=1S/C13H17N5O5/c14-1-2-15-3-5-16(6-4-15)13(19)10-7-11(17(20)21)9-12(8-10)18(22)23/h7-9H,1-6,14H2. The molecule has 1 saturated heterocycles. The van der Waals surface area contributed by atoms with Gasteiger partial charge in [-0.1, -0.05) is 0 Å². The van der Waals surface area contributed by atoms with Gasteiger partial charge in [0.1, 0.15) is 0 Å². The molecule has 0 aromatic heterocycles. The Bertz CT molecular complexity index is 595. The number of amides is 1. The molecule has 0 unspecified atom stereocenters. The highest BCUT2D eigenvalue weighted by Crippen LogP contribution is 2.24. The van der Waals surface area contributed by atoms with Crippen molar-refractivity contribution >= 4 is 17.3 Å². The summed E-state index contributed by atoms with van der Waals surface area (Å²) >= 11 is 0. The van der Waals surface area contributed by atoms with E-state index in [0.29, 0.717) is 32.7 Å². The molecule has 1 aliphatic heterocycles. The highest BCUT2D eigenvalue weighted by molar-refractivity contribution is 5.95. The Morgan fingerprint density at radius 2 is 1.57 bits per heavy atom. The maximum atomic E-state index is 12.5. The SMILES string of the molecule is NCCN1CCN(C(=O)c2cc([N+](=O)[O-])cc([N+](=O)[O-])c2)CC1. The second-order valence-electron chi connectivity index (χ2n) is 5.17. The fraction of sp³-hybridized carbons (Fsp3) is 0.462. The van der Waals surface area contributed by atoms with E-state index in [1.807, 2.05) is 0 Å². The molecule has 0 radical (unpaired) electrons. The predicted molar refractivity (Wildman–Crippen MR) is 81.1 cm³/mol. The first-order valence-corrected chi connectivity index (χ1v) is 7.08. The zero-order valence-electron chi connectivity index (χ0n) is 12.4. The molecule has 1 amide bonds. The van der Waals surface area contributed by atoms with Crippen LogP contribution in [-0.2, 0) is 0 Å². The molecule has 0 aliphatic carbocycles. The van der Waals surface area contributed by atoms with Crippen molar-refractivity contribution in [2.75, 3.05) is 39.3 Å². The van der Waals surface area contributed by atoms with Gasteiger partial charge in [-0.15, -0.1) is 0 Å². The van der Waals surface area contributed by atoms with Crippen molar-refractivity contribution in [3.8, 4) is 0 Å². The van der Waals surface area contributed by atoms with Crippen LogP contribution < -0.4 is 5.73 Å². The van der Waals surface area contributed by atoms with Gasteiger partial charge in [0.05, 0.1) is 21.5 Å². The van der Waals surface area contributed by atoms with Crippen LogP contribution in [0.5, 0.6) is 0 Å². The second-order valence-corrected chi connectivity index (χ2v) is 5.17. The molecular weight excluding hydrogens is 306 g/mol. The fourth-order valence-corrected chi connectivity index (χ4v) is 2.47. The number of hydrogen-bond donors (Lipinski definition) is 1. The summed E-state index contributed by atoms with van der Waals surface area (Å²) < 4.78 is 0. The van der Waals surface area contributed by atoms with Crippen LogP contribution in [0.15, 0.2) is 18.2 Å². The van der Waals surface area contributed by atoms with E-state index >= 15 is 0 Å². The Labute approximate surface area is 131 Å². The number of rotatable bonds is 5. The molecule has 23 heavy (non-hydrogen) atoms. The van der Waals surface area contributed by atoms with E-state index in [1.165, 1.54) is 4.90 Å². The van der Waals surface area contributed by atoms with E-state index in [0.717, 1.165) is 24.7 Å². The van der Waals surface area contributed by atoms with E-state index in [9.17, 15) is 25.0 Å². The number of carbonyl (C=O) groups is 1. The lowest BCUT2D eigenvalue weighted by molar-refractivity contribution is -0.394. The van der Waals surface area contributed by atoms with Crippen LogP contribution >= 0.6 is 0 Å². The highest BCUT2D eigenvalue weighted by atomic mass is 16.6. The van der Waals surface area contributed by atoms with Crippen LogP contribution in [-0.4, -0.2) is 64.8 Å². The topological polar surface area (TPSA) is 136 Å². The van der Waals surface area contributed by atoms with Crippen LogP contribution in [0.3, 0.4) is 0 Å². The molecule has 1 aromatic rings. The lowest BCUT2D eigenvalue weighted by Gasteiger charge is -2.34. The summed E-state index contributed by atoms with van der Waals surface area (Å²) in [6.07, 6.45) is 0. The summed E-state index contributed by atoms with van der Waals surface area (Å²) in [6.45, 7) is 3.49. The molecule has 0 bridgehead atoms. The van der Waals surface area contributed by atoms with E-state index in [4.69, 9.17) is 5.73 Å². The normalized spacial score (nSPS) is 15.4. The van der Waals surface area contributed by atoms with Crippen LogP contribution in [0.4, 0.5) is 11.4 Å². The van der Waals surface area contributed by atoms with Crippen molar-refractivity contribution in [3.63, 3.8) is 0 Å². The first-order valence-electron chi connectivity index (χ1n) is 7.08. The van der Waals surface area contributed by atoms with E-state index in [1.54, 1.807) is 0 Å². The number of benzene rings is 1. The van der Waals surface area contributed by atoms with Crippen molar-refractivity contribution in [1.82, 2.24) is 9.80 Å². The first kappa shape index (κ1) is 16.8. The first-order chi connectivity index (χ1) is 10.9. The minimum atomic E-state index is -0.747. The minimum absolute atomic E-state index is 0.0434. The van der Waals surface area contributed by atoms with Crippen LogP contribution in [0.25, 0.3) is 0 Å². The van der Waals surface area contributed by atoms with Crippen molar-refractivity contribution in [3.05, 3.63) is 44.0 Å². The molecule has 10 nitrogen and oxygen atoms in total. The van der Waals surface area contributed by atoms with Gasteiger partial charge in [0.15, 0.2) is 0 Å². The lowest BCUT2D eigenvalue weighted by Crippen LogP contribution is -2.49. The molecule has 1 aromatic carbocycles. The summed E-state index contributed by atoms with van der Waals surface area (Å²) in [5.74, 6) is -0.441. The molecular formula is C13H17N5O5. The zero-order chi connectivity index (χ0) is 17.0. The highest BCUT2D eigenvalue weighted by Gasteiger charge is 2.25. The number of nitrogens with two attached hydrogens (primary N) is 1. The summed E-state index contributed by atoms with van der Waals surface area (Å²) in [4.78, 5) is 36.4. The van der Waals surface area contributed by atoms with Crippen LogP contribution in [0, 0.1) is 20.2 Å². The zero-order valence-corrected chi connectivity index (χ0v) is 12.4. The Kier molecular flexibility index (Phi) is 5.19. The molecule has 124 valence electrons. The Balaban J connectivity index is 2.19. The quantitative estimate of drug-likeness (QED) is 0.604. The molecule has 0 saturated carbocycles. The summed E-state index contributed by atoms with van der Waals surface area (Å²) in [5, 5.41) is 21.8. The van der Waals surface area contributed by atoms with Gasteiger partial charge in [-0.3, -0.25) is 29.9 Å². The van der Waals surface area contributed by atoms with Gasteiger partial charge in [-0.25, -0.2) is 0 Å². The average Bonchev–Trinajstić information content (AvgIpc) is 2.54. The van der Waals surface area contributed by atoms with Gasteiger partial charge in [0.25, 0.3) is 17.3 Å². The fourth-order valence-electron chi connectivity index (χ4n) is 2.47. The molecule has 1 aliphatic rings. The van der Waals surface area contributed by atoms with E-state index < -0.39 is 27.1 Å². The van der Waals surface area contributed by atoms with Crippen LogP contribution in [0.1, 0.15) is 10.4 Å². The second kappa shape index (κ2) is 7.11. The monoisotopic (exact) mass is 323 g/mol. The Hall–Kier alpha value is -2.59. The van der Waals surface area contributed by atoms with E-state index in [2.05, 4.69) is 4.90 Å². The summed E-state index contributed by atoms with van der Waals surface area (Å²) in [7, 11) is 0. The maximum Gasteiger partial charge on any atom is 0.277 e. The van der Waals surface area contributed by atoms with Gasteiger partial charge in [0, 0.05) is 51.4 Å². The number of piperazine rings is 1. The van der Waals surface area contributed by atoms with Gasteiger partial charge in [-0.2, -0.15) is 0 Å². The molecule has 1 heterocycles. The minimum Gasteiger partial charge on any atom is -0.336 e. The lowest BCUT2D eigenvalue weighted by atomic mass is 10.1. The summed E-state index contributed by atoms with van der Waals surface area (Å²) in [6, 6.07) is 2.99. The van der Waals surface area contributed by atoms with Gasteiger partial charge < -0.3 is 10.6 Å². The number of non-ortho nitro benzene ring substituents is 2. The third kappa shape index (κ3) is 3.99. The largest absolute Gasteiger partial charge is 0.336 e. The molecule has 2 rings (SSSR count). The number of hydrogen-bond acceptors (Lipinski definition) is 7. The van der Waals surface area contributed by atoms with Crippen molar-refractivity contribution < 1.29 is 14.6 Å². The maximum absolute atomic E-state index is 12.5. The molecule has 0 spiro atoms. The predicted octanol–water partition coefficient (Wildman–Crippen LogP) is 0.220. The number of nitrogens with zero attached hydrogens (tertiary/aromatic N) is 4.